The lowest BCUT2D eigenvalue weighted by Crippen LogP contribution is -2.36. The molecule has 5 heteroatoms. The van der Waals surface area contributed by atoms with E-state index >= 15 is 0 Å². The molecule has 1 heterocycles. The van der Waals surface area contributed by atoms with Gasteiger partial charge in [0.25, 0.3) is 0 Å². The summed E-state index contributed by atoms with van der Waals surface area (Å²) in [4.78, 5) is 14.4. The summed E-state index contributed by atoms with van der Waals surface area (Å²) in [6.07, 6.45) is 4.70. The lowest BCUT2D eigenvalue weighted by atomic mass is 9.84. The van der Waals surface area contributed by atoms with Crippen LogP contribution in [-0.2, 0) is 17.9 Å². The van der Waals surface area contributed by atoms with Crippen molar-refractivity contribution in [3.8, 4) is 5.75 Å². The van der Waals surface area contributed by atoms with Gasteiger partial charge in [0.05, 0.1) is 12.6 Å². The average Bonchev–Trinajstić information content (AvgIpc) is 3.56. The van der Waals surface area contributed by atoms with Gasteiger partial charge in [0.2, 0.25) is 5.91 Å². The Morgan fingerprint density at radius 2 is 1.94 bits per heavy atom. The summed E-state index contributed by atoms with van der Waals surface area (Å²) >= 11 is 0. The van der Waals surface area contributed by atoms with E-state index in [2.05, 4.69) is 34.5 Å². The zero-order valence-corrected chi connectivity index (χ0v) is 18.9. The van der Waals surface area contributed by atoms with Gasteiger partial charge in [0, 0.05) is 25.6 Å². The number of fused-ring (bicyclic) bond motifs is 1. The summed E-state index contributed by atoms with van der Waals surface area (Å²) in [7, 11) is 0. The van der Waals surface area contributed by atoms with Gasteiger partial charge in [-0.05, 0) is 72.9 Å². The van der Waals surface area contributed by atoms with E-state index in [-0.39, 0.29) is 17.9 Å². The zero-order chi connectivity index (χ0) is 22.1. The quantitative estimate of drug-likeness (QED) is 0.596. The van der Waals surface area contributed by atoms with Crippen molar-refractivity contribution in [1.82, 2.24) is 10.2 Å². The van der Waals surface area contributed by atoms with E-state index < -0.39 is 6.17 Å². The molecule has 2 aromatic carbocycles. The minimum absolute atomic E-state index is 0.00515. The van der Waals surface area contributed by atoms with Crippen LogP contribution in [0.2, 0.25) is 0 Å². The maximum absolute atomic E-state index is 15.0. The maximum atomic E-state index is 15.0. The number of hydrogen-bond donors (Lipinski definition) is 1. The predicted octanol–water partition coefficient (Wildman–Crippen LogP) is 5.48. The van der Waals surface area contributed by atoms with Gasteiger partial charge in [-0.15, -0.1) is 0 Å². The molecular formula is C27H33FN2O2. The molecule has 0 spiro atoms. The van der Waals surface area contributed by atoms with Crippen LogP contribution in [0.4, 0.5) is 4.39 Å². The molecule has 4 nitrogen and oxygen atoms in total. The summed E-state index contributed by atoms with van der Waals surface area (Å²) in [5.74, 6) is 1.86. The van der Waals surface area contributed by atoms with E-state index in [1.54, 1.807) is 0 Å². The standard InChI is InChI=1S/C27H33FN2O2/c1-18(29-27(31)22-3-2-4-22)21-9-7-19(8-10-21)14-30-15-23-11-12-24(32-17-20-5-6-20)13-25(23)26(28)16-30/h7-13,18,20,22,26H,2-6,14-17H2,1H3,(H,29,31)/t18-,26?/m0/s1. The SMILES string of the molecule is C[C@H](NC(=O)C1CCC1)c1ccc(CN2Cc3ccc(OCC4CC4)cc3C(F)C2)cc1. The van der Waals surface area contributed by atoms with Gasteiger partial charge in [-0.1, -0.05) is 36.8 Å². The highest BCUT2D eigenvalue weighted by Gasteiger charge is 2.28. The Kier molecular flexibility index (Phi) is 6.18. The third-order valence-electron chi connectivity index (χ3n) is 7.17. The smallest absolute Gasteiger partial charge is 0.223 e. The minimum atomic E-state index is -0.996. The van der Waals surface area contributed by atoms with E-state index in [0.717, 1.165) is 60.4 Å². The van der Waals surface area contributed by atoms with Crippen molar-refractivity contribution >= 4 is 5.91 Å². The minimum Gasteiger partial charge on any atom is -0.493 e. The van der Waals surface area contributed by atoms with Crippen molar-refractivity contribution in [1.29, 1.82) is 0 Å². The van der Waals surface area contributed by atoms with Crippen LogP contribution in [0, 0.1) is 11.8 Å². The molecule has 1 aliphatic heterocycles. The second-order valence-electron chi connectivity index (χ2n) is 9.85. The van der Waals surface area contributed by atoms with Gasteiger partial charge < -0.3 is 10.1 Å². The number of carbonyl (C=O) groups excluding carboxylic acids is 1. The fourth-order valence-corrected chi connectivity index (χ4v) is 4.60. The number of nitrogens with zero attached hydrogens (tertiary/aromatic N) is 1. The monoisotopic (exact) mass is 436 g/mol. The average molecular weight is 437 g/mol. The molecule has 0 bridgehead atoms. The number of rotatable bonds is 8. The Morgan fingerprint density at radius 3 is 2.62 bits per heavy atom. The second-order valence-corrected chi connectivity index (χ2v) is 9.85. The zero-order valence-electron chi connectivity index (χ0n) is 18.9. The number of benzene rings is 2. The van der Waals surface area contributed by atoms with Crippen molar-refractivity contribution in [2.75, 3.05) is 13.2 Å². The number of hydrogen-bond acceptors (Lipinski definition) is 3. The van der Waals surface area contributed by atoms with Gasteiger partial charge in [0.1, 0.15) is 11.9 Å². The molecule has 3 aliphatic rings. The number of alkyl halides is 1. The molecule has 0 radical (unpaired) electrons. The summed E-state index contributed by atoms with van der Waals surface area (Å²) < 4.78 is 20.8. The molecule has 0 aromatic heterocycles. The third kappa shape index (κ3) is 4.98. The van der Waals surface area contributed by atoms with E-state index in [1.807, 2.05) is 25.1 Å². The molecule has 2 saturated carbocycles. The topological polar surface area (TPSA) is 41.6 Å². The molecule has 1 N–H and O–H groups in total. The molecule has 1 amide bonds. The molecule has 1 unspecified atom stereocenters. The Labute approximate surface area is 190 Å². The summed E-state index contributed by atoms with van der Waals surface area (Å²) in [5, 5.41) is 3.13. The molecule has 2 atom stereocenters. The number of amides is 1. The molecule has 2 aliphatic carbocycles. The lowest BCUT2D eigenvalue weighted by Gasteiger charge is -2.31. The van der Waals surface area contributed by atoms with Crippen LogP contribution in [-0.4, -0.2) is 24.0 Å². The van der Waals surface area contributed by atoms with Crippen LogP contribution < -0.4 is 10.1 Å². The third-order valence-corrected chi connectivity index (χ3v) is 7.17. The van der Waals surface area contributed by atoms with Gasteiger partial charge in [0.15, 0.2) is 0 Å². The van der Waals surface area contributed by atoms with Crippen LogP contribution in [0.15, 0.2) is 42.5 Å². The Hall–Kier alpha value is -2.40. The molecule has 5 rings (SSSR count). The van der Waals surface area contributed by atoms with E-state index in [0.29, 0.717) is 19.0 Å². The van der Waals surface area contributed by atoms with Gasteiger partial charge in [-0.3, -0.25) is 9.69 Å². The number of halogens is 1. The van der Waals surface area contributed by atoms with Gasteiger partial charge in [-0.2, -0.15) is 0 Å². The molecule has 2 fully saturated rings. The predicted molar refractivity (Wildman–Crippen MR) is 123 cm³/mol. The van der Waals surface area contributed by atoms with Crippen LogP contribution in [0.5, 0.6) is 5.75 Å². The normalized spacial score (nSPS) is 22.0. The van der Waals surface area contributed by atoms with Crippen LogP contribution >= 0.6 is 0 Å². The first kappa shape index (κ1) is 21.4. The molecule has 2 aromatic rings. The van der Waals surface area contributed by atoms with E-state index in [4.69, 9.17) is 4.74 Å². The van der Waals surface area contributed by atoms with Crippen molar-refractivity contribution in [3.05, 3.63) is 64.7 Å². The first-order valence-electron chi connectivity index (χ1n) is 12.1. The highest BCUT2D eigenvalue weighted by Crippen LogP contribution is 2.34. The van der Waals surface area contributed by atoms with Crippen LogP contribution in [0.1, 0.15) is 73.5 Å². The first-order chi connectivity index (χ1) is 15.5. The van der Waals surface area contributed by atoms with Crippen LogP contribution in [0.3, 0.4) is 0 Å². The van der Waals surface area contributed by atoms with Crippen molar-refractivity contribution in [3.63, 3.8) is 0 Å². The van der Waals surface area contributed by atoms with Crippen molar-refractivity contribution in [2.24, 2.45) is 11.8 Å². The second kappa shape index (κ2) is 9.22. The Morgan fingerprint density at radius 1 is 1.16 bits per heavy atom. The largest absolute Gasteiger partial charge is 0.493 e. The first-order valence-corrected chi connectivity index (χ1v) is 12.1. The Bertz CT molecular complexity index is 953. The number of carbonyl (C=O) groups is 1. The van der Waals surface area contributed by atoms with Gasteiger partial charge in [-0.25, -0.2) is 4.39 Å². The maximum Gasteiger partial charge on any atom is 0.223 e. The Balaban J connectivity index is 1.17. The number of ether oxygens (including phenoxy) is 1. The number of nitrogens with one attached hydrogen (secondary N) is 1. The summed E-state index contributed by atoms with van der Waals surface area (Å²) in [5.41, 5.74) is 4.09. The van der Waals surface area contributed by atoms with Crippen molar-refractivity contribution in [2.45, 2.75) is 64.3 Å². The highest BCUT2D eigenvalue weighted by molar-refractivity contribution is 5.79. The summed E-state index contributed by atoms with van der Waals surface area (Å²) in [6.45, 7) is 4.63. The van der Waals surface area contributed by atoms with E-state index in [9.17, 15) is 9.18 Å². The van der Waals surface area contributed by atoms with E-state index in [1.165, 1.54) is 12.8 Å². The lowest BCUT2D eigenvalue weighted by molar-refractivity contribution is -0.128. The highest BCUT2D eigenvalue weighted by atomic mass is 19.1. The summed E-state index contributed by atoms with van der Waals surface area (Å²) in [6, 6.07) is 14.2. The van der Waals surface area contributed by atoms with Crippen molar-refractivity contribution < 1.29 is 13.9 Å². The fraction of sp³-hybridized carbons (Fsp3) is 0.519. The van der Waals surface area contributed by atoms with Crippen LogP contribution in [0.25, 0.3) is 0 Å². The molecule has 0 saturated heterocycles. The molecular weight excluding hydrogens is 403 g/mol. The van der Waals surface area contributed by atoms with Gasteiger partial charge >= 0.3 is 0 Å². The molecule has 170 valence electrons. The molecule has 32 heavy (non-hydrogen) atoms. The fourth-order valence-electron chi connectivity index (χ4n) is 4.60.